The molecule has 0 radical (unpaired) electrons. The van der Waals surface area contributed by atoms with E-state index in [1.807, 2.05) is 0 Å². The number of aryl methyl sites for hydroxylation is 1. The Morgan fingerprint density at radius 2 is 1.87 bits per heavy atom. The summed E-state index contributed by atoms with van der Waals surface area (Å²) in [5.74, 6) is -1.59. The van der Waals surface area contributed by atoms with Crippen molar-refractivity contribution in [2.75, 3.05) is 11.9 Å². The lowest BCUT2D eigenvalue weighted by Crippen LogP contribution is -2.35. The Hall–Kier alpha value is -2.25. The van der Waals surface area contributed by atoms with E-state index in [-0.39, 0.29) is 0 Å². The highest BCUT2D eigenvalue weighted by Crippen LogP contribution is 2.40. The lowest BCUT2D eigenvalue weighted by atomic mass is 9.88. The highest BCUT2D eigenvalue weighted by atomic mass is 19.4. The van der Waals surface area contributed by atoms with Gasteiger partial charge in [0.15, 0.2) is 6.61 Å². The molecular formula is C15H18F3NO4. The topological polar surface area (TPSA) is 75.6 Å². The van der Waals surface area contributed by atoms with E-state index in [0.29, 0.717) is 17.0 Å². The van der Waals surface area contributed by atoms with Crippen LogP contribution in [0, 0.1) is 12.3 Å². The van der Waals surface area contributed by atoms with Crippen LogP contribution < -0.4 is 10.1 Å². The maximum Gasteiger partial charge on any atom is 0.394 e. The fraction of sp³-hybridized carbons (Fsp3) is 0.467. The number of ether oxygens (including phenoxy) is 1. The van der Waals surface area contributed by atoms with Crippen LogP contribution in [0.15, 0.2) is 18.2 Å². The molecule has 1 aromatic rings. The summed E-state index contributed by atoms with van der Waals surface area (Å²) in [5, 5.41) is 10.9. The highest BCUT2D eigenvalue weighted by molar-refractivity contribution is 5.92. The minimum absolute atomic E-state index is 0.290. The Kier molecular flexibility index (Phi) is 5.63. The number of halogens is 3. The average Bonchev–Trinajstić information content (AvgIpc) is 2.37. The fourth-order valence-corrected chi connectivity index (χ4v) is 1.71. The fourth-order valence-electron chi connectivity index (χ4n) is 1.71. The zero-order valence-electron chi connectivity index (χ0n) is 13.0. The molecule has 0 aliphatic rings. The molecule has 0 spiro atoms. The first-order chi connectivity index (χ1) is 10.4. The number of aliphatic carboxylic acids is 1. The van der Waals surface area contributed by atoms with Gasteiger partial charge in [-0.25, -0.2) is 4.79 Å². The molecule has 0 fully saturated rings. The van der Waals surface area contributed by atoms with Crippen molar-refractivity contribution in [3.8, 4) is 5.75 Å². The number of benzene rings is 1. The van der Waals surface area contributed by atoms with Gasteiger partial charge in [-0.2, -0.15) is 13.2 Å². The molecule has 128 valence electrons. The van der Waals surface area contributed by atoms with Crippen molar-refractivity contribution < 1.29 is 32.6 Å². The van der Waals surface area contributed by atoms with E-state index < -0.39 is 36.5 Å². The summed E-state index contributed by atoms with van der Waals surface area (Å²) >= 11 is 0. The van der Waals surface area contributed by atoms with Crippen molar-refractivity contribution in [1.82, 2.24) is 0 Å². The van der Waals surface area contributed by atoms with E-state index in [1.54, 1.807) is 6.92 Å². The third-order valence-corrected chi connectivity index (χ3v) is 3.20. The zero-order valence-corrected chi connectivity index (χ0v) is 13.0. The van der Waals surface area contributed by atoms with Crippen molar-refractivity contribution in [3.63, 3.8) is 0 Å². The van der Waals surface area contributed by atoms with Gasteiger partial charge in [-0.05, 0) is 30.7 Å². The molecule has 0 saturated heterocycles. The molecule has 0 saturated carbocycles. The second-order valence-corrected chi connectivity index (χ2v) is 5.77. The average molecular weight is 333 g/mol. The van der Waals surface area contributed by atoms with Crippen LogP contribution in [0.5, 0.6) is 5.75 Å². The minimum atomic E-state index is -4.48. The molecule has 23 heavy (non-hydrogen) atoms. The molecule has 0 bridgehead atoms. The van der Waals surface area contributed by atoms with Crippen molar-refractivity contribution in [3.05, 3.63) is 23.8 Å². The summed E-state index contributed by atoms with van der Waals surface area (Å²) in [4.78, 5) is 22.2. The number of anilines is 1. The number of amides is 1. The molecule has 0 aliphatic carbocycles. The number of rotatable bonds is 6. The third-order valence-electron chi connectivity index (χ3n) is 3.20. The van der Waals surface area contributed by atoms with Crippen molar-refractivity contribution in [2.45, 2.75) is 33.4 Å². The smallest absolute Gasteiger partial charge is 0.394 e. The first-order valence-electron chi connectivity index (χ1n) is 6.74. The summed E-state index contributed by atoms with van der Waals surface area (Å²) in [5.41, 5.74) is -1.24. The van der Waals surface area contributed by atoms with Gasteiger partial charge < -0.3 is 15.2 Å². The number of hydrogen-bond donors (Lipinski definition) is 2. The Balaban J connectivity index is 2.74. The Morgan fingerprint density at radius 3 is 2.35 bits per heavy atom. The van der Waals surface area contributed by atoms with Crippen LogP contribution in [0.4, 0.5) is 18.9 Å². The number of carboxylic acids is 1. The van der Waals surface area contributed by atoms with Crippen LogP contribution in [0.1, 0.15) is 25.8 Å². The number of carbonyl (C=O) groups is 2. The SMILES string of the molecule is Cc1cc(OCC(=O)O)ccc1NC(=O)CC(C)(C)C(F)(F)F. The monoisotopic (exact) mass is 333 g/mol. The molecule has 0 aliphatic heterocycles. The second-order valence-electron chi connectivity index (χ2n) is 5.77. The van der Waals surface area contributed by atoms with Gasteiger partial charge in [-0.1, -0.05) is 13.8 Å². The summed E-state index contributed by atoms with van der Waals surface area (Å²) in [6, 6.07) is 4.37. The molecule has 0 aromatic heterocycles. The van der Waals surface area contributed by atoms with E-state index in [2.05, 4.69) is 5.32 Å². The predicted octanol–water partition coefficient (Wildman–Crippen LogP) is 3.38. The maximum atomic E-state index is 12.8. The third kappa shape index (κ3) is 5.46. The molecule has 0 unspecified atom stereocenters. The first kappa shape index (κ1) is 18.8. The predicted molar refractivity (Wildman–Crippen MR) is 77.4 cm³/mol. The van der Waals surface area contributed by atoms with E-state index in [9.17, 15) is 22.8 Å². The first-order valence-corrected chi connectivity index (χ1v) is 6.74. The van der Waals surface area contributed by atoms with Gasteiger partial charge in [-0.3, -0.25) is 4.79 Å². The molecular weight excluding hydrogens is 315 g/mol. The summed E-state index contributed by atoms with van der Waals surface area (Å²) in [7, 11) is 0. The summed E-state index contributed by atoms with van der Waals surface area (Å²) < 4.78 is 43.3. The second kappa shape index (κ2) is 6.89. The lowest BCUT2D eigenvalue weighted by molar-refractivity contribution is -0.213. The number of carboxylic acid groups (broad SMARTS) is 1. The minimum Gasteiger partial charge on any atom is -0.482 e. The number of hydrogen-bond acceptors (Lipinski definition) is 3. The van der Waals surface area contributed by atoms with E-state index >= 15 is 0 Å². The van der Waals surface area contributed by atoms with Crippen LogP contribution in [-0.4, -0.2) is 29.8 Å². The quantitative estimate of drug-likeness (QED) is 0.837. The van der Waals surface area contributed by atoms with Crippen LogP contribution in [0.25, 0.3) is 0 Å². The van der Waals surface area contributed by atoms with E-state index in [0.717, 1.165) is 13.8 Å². The summed E-state index contributed by atoms with van der Waals surface area (Å²) in [6.07, 6.45) is -5.18. The normalized spacial score (nSPS) is 11.9. The van der Waals surface area contributed by atoms with Gasteiger partial charge in [0.2, 0.25) is 5.91 Å². The van der Waals surface area contributed by atoms with Crippen molar-refractivity contribution in [2.24, 2.45) is 5.41 Å². The Labute approximate surface area is 131 Å². The largest absolute Gasteiger partial charge is 0.482 e. The van der Waals surface area contributed by atoms with Crippen molar-refractivity contribution >= 4 is 17.6 Å². The molecule has 0 heterocycles. The zero-order chi connectivity index (χ0) is 17.8. The highest BCUT2D eigenvalue weighted by Gasteiger charge is 2.48. The summed E-state index contributed by atoms with van der Waals surface area (Å²) in [6.45, 7) is 3.04. The lowest BCUT2D eigenvalue weighted by Gasteiger charge is -2.27. The van der Waals surface area contributed by atoms with Crippen LogP contribution >= 0.6 is 0 Å². The van der Waals surface area contributed by atoms with Crippen LogP contribution in [0.3, 0.4) is 0 Å². The van der Waals surface area contributed by atoms with Gasteiger partial charge in [0, 0.05) is 12.1 Å². The van der Waals surface area contributed by atoms with Crippen LogP contribution in [-0.2, 0) is 9.59 Å². The molecule has 1 rings (SSSR count). The Morgan fingerprint density at radius 1 is 1.26 bits per heavy atom. The van der Waals surface area contributed by atoms with Gasteiger partial charge in [0.05, 0.1) is 5.41 Å². The number of alkyl halides is 3. The number of nitrogens with one attached hydrogen (secondary N) is 1. The Bertz CT molecular complexity index is 597. The van der Waals surface area contributed by atoms with Gasteiger partial charge >= 0.3 is 12.1 Å². The molecule has 1 amide bonds. The molecule has 2 N–H and O–H groups in total. The van der Waals surface area contributed by atoms with Gasteiger partial charge in [0.1, 0.15) is 5.75 Å². The van der Waals surface area contributed by atoms with E-state index in [1.165, 1.54) is 18.2 Å². The molecule has 8 heteroatoms. The van der Waals surface area contributed by atoms with Gasteiger partial charge in [-0.15, -0.1) is 0 Å². The molecule has 1 aromatic carbocycles. The molecule has 5 nitrogen and oxygen atoms in total. The van der Waals surface area contributed by atoms with Crippen molar-refractivity contribution in [1.29, 1.82) is 0 Å². The maximum absolute atomic E-state index is 12.8. The van der Waals surface area contributed by atoms with E-state index in [4.69, 9.17) is 9.84 Å². The van der Waals surface area contributed by atoms with Gasteiger partial charge in [0.25, 0.3) is 0 Å². The standard InChI is InChI=1S/C15H18F3NO4/c1-9-6-10(23-8-13(21)22)4-5-11(9)19-12(20)7-14(2,3)15(16,17)18/h4-6H,7-8H2,1-3H3,(H,19,20)(H,21,22). The number of carbonyl (C=O) groups excluding carboxylic acids is 1. The van der Waals surface area contributed by atoms with Crippen LogP contribution in [0.2, 0.25) is 0 Å². The molecule has 0 atom stereocenters.